The fourth-order valence-corrected chi connectivity index (χ4v) is 2.14. The van der Waals surface area contributed by atoms with Crippen molar-refractivity contribution in [2.45, 2.75) is 37.9 Å². The van der Waals surface area contributed by atoms with Gasteiger partial charge in [-0.25, -0.2) is 0 Å². The molecule has 0 aromatic carbocycles. The molecule has 1 aliphatic carbocycles. The summed E-state index contributed by atoms with van der Waals surface area (Å²) in [5, 5.41) is 9.50. The fourth-order valence-electron chi connectivity index (χ4n) is 2.14. The maximum atomic E-state index is 9.50. The van der Waals surface area contributed by atoms with Crippen LogP contribution in [-0.2, 0) is 4.74 Å². The molecule has 10 heavy (non-hydrogen) atoms. The van der Waals surface area contributed by atoms with Gasteiger partial charge in [0.2, 0.25) is 0 Å². The van der Waals surface area contributed by atoms with Gasteiger partial charge in [-0.15, -0.1) is 0 Å². The highest BCUT2D eigenvalue weighted by Crippen LogP contribution is 2.33. The van der Waals surface area contributed by atoms with Crippen molar-refractivity contribution in [2.24, 2.45) is 5.92 Å². The Hall–Kier alpha value is -0.0800. The fraction of sp³-hybridized carbons (Fsp3) is 1.00. The van der Waals surface area contributed by atoms with Crippen LogP contribution in [0.4, 0.5) is 0 Å². The molecule has 2 aliphatic rings. The van der Waals surface area contributed by atoms with Gasteiger partial charge in [0, 0.05) is 12.5 Å². The smallest absolute Gasteiger partial charge is 0.0628 e. The van der Waals surface area contributed by atoms with E-state index < -0.39 is 0 Å². The van der Waals surface area contributed by atoms with Crippen LogP contribution in [0, 0.1) is 5.92 Å². The van der Waals surface area contributed by atoms with Gasteiger partial charge in [0.05, 0.1) is 12.2 Å². The van der Waals surface area contributed by atoms with E-state index in [1.165, 1.54) is 6.42 Å². The third-order valence-corrected chi connectivity index (χ3v) is 2.74. The van der Waals surface area contributed by atoms with Crippen LogP contribution in [0.15, 0.2) is 0 Å². The Labute approximate surface area is 61.2 Å². The zero-order chi connectivity index (χ0) is 6.97. The summed E-state index contributed by atoms with van der Waals surface area (Å²) in [7, 11) is 0. The SMILES string of the molecule is O[C@H]1CCC[C@H]2OCC[C@@H]12. The lowest BCUT2D eigenvalue weighted by Gasteiger charge is -2.28. The minimum atomic E-state index is -0.0683. The summed E-state index contributed by atoms with van der Waals surface area (Å²) >= 11 is 0. The predicted octanol–water partition coefficient (Wildman–Crippen LogP) is 0.936. The Kier molecular flexibility index (Phi) is 1.66. The first-order valence-electron chi connectivity index (χ1n) is 4.17. The lowest BCUT2D eigenvalue weighted by molar-refractivity contribution is -0.00209. The number of fused-ring (bicyclic) bond motifs is 1. The molecular formula is C8H14O2. The Bertz CT molecular complexity index is 124. The molecule has 1 saturated heterocycles. The number of rotatable bonds is 0. The van der Waals surface area contributed by atoms with Crippen LogP contribution < -0.4 is 0 Å². The van der Waals surface area contributed by atoms with Gasteiger partial charge in [0.25, 0.3) is 0 Å². The van der Waals surface area contributed by atoms with Gasteiger partial charge in [-0.1, -0.05) is 0 Å². The number of hydrogen-bond acceptors (Lipinski definition) is 2. The number of aliphatic hydroxyl groups is 1. The molecule has 0 bridgehead atoms. The van der Waals surface area contributed by atoms with Gasteiger partial charge in [-0.05, 0) is 25.7 Å². The molecule has 0 radical (unpaired) electrons. The highest BCUT2D eigenvalue weighted by Gasteiger charge is 2.36. The second-order valence-corrected chi connectivity index (χ2v) is 3.36. The number of hydrogen-bond donors (Lipinski definition) is 1. The Balaban J connectivity index is 2.03. The molecule has 2 nitrogen and oxygen atoms in total. The summed E-state index contributed by atoms with van der Waals surface area (Å²) in [5.74, 6) is 0.466. The molecule has 0 amide bonds. The third kappa shape index (κ3) is 0.956. The van der Waals surface area contributed by atoms with E-state index in [9.17, 15) is 5.11 Å². The Morgan fingerprint density at radius 2 is 2.10 bits per heavy atom. The van der Waals surface area contributed by atoms with Crippen molar-refractivity contribution in [3.05, 3.63) is 0 Å². The normalized spacial score (nSPS) is 47.1. The van der Waals surface area contributed by atoms with E-state index in [0.717, 1.165) is 25.9 Å². The Morgan fingerprint density at radius 3 is 2.90 bits per heavy atom. The van der Waals surface area contributed by atoms with Gasteiger partial charge in [0.15, 0.2) is 0 Å². The van der Waals surface area contributed by atoms with E-state index in [0.29, 0.717) is 12.0 Å². The maximum Gasteiger partial charge on any atom is 0.0628 e. The van der Waals surface area contributed by atoms with Crippen molar-refractivity contribution >= 4 is 0 Å². The highest BCUT2D eigenvalue weighted by atomic mass is 16.5. The molecule has 3 atom stereocenters. The van der Waals surface area contributed by atoms with Crippen LogP contribution in [-0.4, -0.2) is 23.9 Å². The Morgan fingerprint density at radius 1 is 1.20 bits per heavy atom. The van der Waals surface area contributed by atoms with Gasteiger partial charge in [0.1, 0.15) is 0 Å². The molecule has 0 aromatic rings. The molecule has 58 valence electrons. The predicted molar refractivity (Wildman–Crippen MR) is 37.7 cm³/mol. The summed E-state index contributed by atoms with van der Waals surface area (Å²) in [5.41, 5.74) is 0. The van der Waals surface area contributed by atoms with Crippen molar-refractivity contribution in [1.29, 1.82) is 0 Å². The first-order chi connectivity index (χ1) is 4.88. The topological polar surface area (TPSA) is 29.5 Å². The molecule has 1 saturated carbocycles. The first-order valence-corrected chi connectivity index (χ1v) is 4.17. The van der Waals surface area contributed by atoms with Crippen LogP contribution in [0.5, 0.6) is 0 Å². The standard InChI is InChI=1S/C8H14O2/c9-7-2-1-3-8-6(7)4-5-10-8/h6-9H,1-5H2/t6-,7-,8+/m0/s1. The average Bonchev–Trinajstić information content (AvgIpc) is 2.36. The van der Waals surface area contributed by atoms with Crippen molar-refractivity contribution in [3.63, 3.8) is 0 Å². The summed E-state index contributed by atoms with van der Waals surface area (Å²) in [6.45, 7) is 0.867. The van der Waals surface area contributed by atoms with Gasteiger partial charge >= 0.3 is 0 Å². The van der Waals surface area contributed by atoms with E-state index in [2.05, 4.69) is 0 Å². The summed E-state index contributed by atoms with van der Waals surface area (Å²) in [6, 6.07) is 0. The van der Waals surface area contributed by atoms with E-state index >= 15 is 0 Å². The van der Waals surface area contributed by atoms with Crippen molar-refractivity contribution < 1.29 is 9.84 Å². The van der Waals surface area contributed by atoms with E-state index in [1.54, 1.807) is 0 Å². The monoisotopic (exact) mass is 142 g/mol. The van der Waals surface area contributed by atoms with Crippen molar-refractivity contribution in [1.82, 2.24) is 0 Å². The lowest BCUT2D eigenvalue weighted by Crippen LogP contribution is -2.32. The minimum Gasteiger partial charge on any atom is -0.393 e. The maximum absolute atomic E-state index is 9.50. The van der Waals surface area contributed by atoms with Crippen molar-refractivity contribution in [2.75, 3.05) is 6.61 Å². The summed E-state index contributed by atoms with van der Waals surface area (Å²) in [4.78, 5) is 0. The molecule has 2 fully saturated rings. The zero-order valence-corrected chi connectivity index (χ0v) is 6.12. The molecule has 0 aromatic heterocycles. The number of ether oxygens (including phenoxy) is 1. The van der Waals surface area contributed by atoms with Crippen molar-refractivity contribution in [3.8, 4) is 0 Å². The molecule has 2 rings (SSSR count). The molecule has 0 spiro atoms. The second kappa shape index (κ2) is 2.51. The molecule has 0 unspecified atom stereocenters. The highest BCUT2D eigenvalue weighted by molar-refractivity contribution is 4.86. The summed E-state index contributed by atoms with van der Waals surface area (Å²) in [6.07, 6.45) is 4.70. The molecule has 1 N–H and O–H groups in total. The van der Waals surface area contributed by atoms with Crippen LogP contribution in [0.2, 0.25) is 0 Å². The first kappa shape index (κ1) is 6.62. The summed E-state index contributed by atoms with van der Waals surface area (Å²) < 4.78 is 5.47. The van der Waals surface area contributed by atoms with Crippen LogP contribution >= 0.6 is 0 Å². The molecular weight excluding hydrogens is 128 g/mol. The molecule has 1 aliphatic heterocycles. The average molecular weight is 142 g/mol. The van der Waals surface area contributed by atoms with Crippen LogP contribution in [0.1, 0.15) is 25.7 Å². The number of aliphatic hydroxyl groups excluding tert-OH is 1. The van der Waals surface area contributed by atoms with Crippen LogP contribution in [0.3, 0.4) is 0 Å². The minimum absolute atomic E-state index is 0.0683. The molecule has 1 heterocycles. The van der Waals surface area contributed by atoms with E-state index in [4.69, 9.17) is 4.74 Å². The molecule has 2 heteroatoms. The van der Waals surface area contributed by atoms with Gasteiger partial charge in [-0.3, -0.25) is 0 Å². The quantitative estimate of drug-likeness (QED) is 0.545. The third-order valence-electron chi connectivity index (χ3n) is 2.74. The van der Waals surface area contributed by atoms with E-state index in [1.807, 2.05) is 0 Å². The lowest BCUT2D eigenvalue weighted by atomic mass is 9.84. The van der Waals surface area contributed by atoms with Gasteiger partial charge in [-0.2, -0.15) is 0 Å². The van der Waals surface area contributed by atoms with Gasteiger partial charge < -0.3 is 9.84 Å². The second-order valence-electron chi connectivity index (χ2n) is 3.36. The zero-order valence-electron chi connectivity index (χ0n) is 6.12. The van der Waals surface area contributed by atoms with E-state index in [-0.39, 0.29) is 6.10 Å². The largest absolute Gasteiger partial charge is 0.393 e. The van der Waals surface area contributed by atoms with Crippen LogP contribution in [0.25, 0.3) is 0 Å².